The quantitative estimate of drug-likeness (QED) is 0.414. The lowest BCUT2D eigenvalue weighted by molar-refractivity contribution is -0.197. The van der Waals surface area contributed by atoms with E-state index in [-0.39, 0.29) is 37.0 Å². The second kappa shape index (κ2) is 8.38. The summed E-state index contributed by atoms with van der Waals surface area (Å²) >= 11 is 0. The number of nitrogens with zero attached hydrogens (tertiary/aromatic N) is 1. The van der Waals surface area contributed by atoms with Gasteiger partial charge in [-0.05, 0) is 24.3 Å². The van der Waals surface area contributed by atoms with Crippen molar-refractivity contribution in [1.82, 2.24) is 10.4 Å². The summed E-state index contributed by atoms with van der Waals surface area (Å²) < 4.78 is 10.3. The number of hydrogen-bond donors (Lipinski definition) is 1. The van der Waals surface area contributed by atoms with Crippen LogP contribution in [0, 0.1) is 0 Å². The number of nitrogens with one attached hydrogen (secondary N) is 1. The average Bonchev–Trinajstić information content (AvgIpc) is 2.99. The van der Waals surface area contributed by atoms with E-state index in [1.54, 1.807) is 12.1 Å². The maximum absolute atomic E-state index is 12.3. The highest BCUT2D eigenvalue weighted by molar-refractivity contribution is 6.01. The Morgan fingerprint density at radius 1 is 1.17 bits per heavy atom. The van der Waals surface area contributed by atoms with E-state index in [1.165, 1.54) is 18.4 Å². The number of carbonyl (C=O) groups is 4. The van der Waals surface area contributed by atoms with Crippen molar-refractivity contribution in [3.8, 4) is 5.75 Å². The number of imide groups is 1. The Balaban J connectivity index is 1.62. The van der Waals surface area contributed by atoms with Crippen molar-refractivity contribution in [1.29, 1.82) is 0 Å². The monoisotopic (exact) mass is 400 g/mol. The molecule has 0 bridgehead atoms. The normalized spacial score (nSPS) is 13.4. The van der Waals surface area contributed by atoms with E-state index in [1.807, 2.05) is 0 Å². The fraction of sp³-hybridized carbons (Fsp3) is 0.211. The standard InChI is InChI=1S/C19H16N2O8/c1-2-27-12-3-4-14-11(9-12)10-13(19(26)28-14)18(25)20-8-7-17(24)29-21-15(22)5-6-16(21)23/h2-4,9-10H,1,5-8H2,(H,20,25). The third-order valence-corrected chi connectivity index (χ3v) is 3.98. The van der Waals surface area contributed by atoms with E-state index in [9.17, 15) is 24.0 Å². The van der Waals surface area contributed by atoms with Gasteiger partial charge in [0, 0.05) is 24.8 Å². The molecule has 0 radical (unpaired) electrons. The molecule has 10 heteroatoms. The maximum atomic E-state index is 12.3. The molecule has 29 heavy (non-hydrogen) atoms. The molecule has 0 atom stereocenters. The number of ether oxygens (including phenoxy) is 1. The van der Waals surface area contributed by atoms with Crippen molar-refractivity contribution < 1.29 is 33.2 Å². The molecule has 2 aromatic rings. The van der Waals surface area contributed by atoms with Gasteiger partial charge in [0.25, 0.3) is 17.7 Å². The smallest absolute Gasteiger partial charge is 0.349 e. The van der Waals surface area contributed by atoms with Gasteiger partial charge in [-0.2, -0.15) is 0 Å². The minimum absolute atomic E-state index is 0.0137. The van der Waals surface area contributed by atoms with Crippen LogP contribution in [-0.2, 0) is 19.2 Å². The Bertz CT molecular complexity index is 1060. The van der Waals surface area contributed by atoms with Gasteiger partial charge in [0.05, 0.1) is 12.7 Å². The lowest BCUT2D eigenvalue weighted by atomic mass is 10.1. The van der Waals surface area contributed by atoms with E-state index in [2.05, 4.69) is 16.7 Å². The topological polar surface area (TPSA) is 132 Å². The first-order valence-electron chi connectivity index (χ1n) is 8.59. The fourth-order valence-electron chi connectivity index (χ4n) is 2.61. The Morgan fingerprint density at radius 2 is 1.90 bits per heavy atom. The summed E-state index contributed by atoms with van der Waals surface area (Å²) in [6, 6.07) is 6.01. The molecule has 2 heterocycles. The van der Waals surface area contributed by atoms with Gasteiger partial charge in [-0.1, -0.05) is 6.58 Å². The number of benzene rings is 1. The largest absolute Gasteiger partial charge is 0.466 e. The summed E-state index contributed by atoms with van der Waals surface area (Å²) in [6.07, 6.45) is 0.898. The van der Waals surface area contributed by atoms with Crippen molar-refractivity contribution in [2.45, 2.75) is 19.3 Å². The highest BCUT2D eigenvalue weighted by Crippen LogP contribution is 2.20. The first-order valence-corrected chi connectivity index (χ1v) is 8.59. The molecule has 0 spiro atoms. The Kier molecular flexibility index (Phi) is 5.72. The molecule has 1 N–H and O–H groups in total. The average molecular weight is 400 g/mol. The number of rotatable bonds is 7. The summed E-state index contributed by atoms with van der Waals surface area (Å²) in [6.45, 7) is 3.27. The molecule has 1 saturated heterocycles. The Labute approximate surface area is 163 Å². The van der Waals surface area contributed by atoms with Crippen LogP contribution >= 0.6 is 0 Å². The van der Waals surface area contributed by atoms with Gasteiger partial charge in [-0.15, -0.1) is 5.06 Å². The number of hydroxylamine groups is 2. The van der Waals surface area contributed by atoms with Crippen LogP contribution in [0.4, 0.5) is 0 Å². The molecule has 0 unspecified atom stereocenters. The Hall–Kier alpha value is -3.95. The van der Waals surface area contributed by atoms with E-state index < -0.39 is 29.3 Å². The SMILES string of the molecule is C=COc1ccc2oc(=O)c(C(=O)NCCC(=O)ON3C(=O)CCC3=O)cc2c1. The zero-order valence-electron chi connectivity index (χ0n) is 15.1. The molecular weight excluding hydrogens is 384 g/mol. The molecule has 1 aliphatic heterocycles. The minimum Gasteiger partial charge on any atom is -0.466 e. The van der Waals surface area contributed by atoms with Crippen LogP contribution in [0.25, 0.3) is 11.0 Å². The molecule has 10 nitrogen and oxygen atoms in total. The summed E-state index contributed by atoms with van der Waals surface area (Å²) in [5, 5.41) is 3.27. The molecule has 1 aromatic carbocycles. The summed E-state index contributed by atoms with van der Waals surface area (Å²) in [5.41, 5.74) is -0.832. The molecule has 0 aliphatic carbocycles. The minimum atomic E-state index is -0.870. The van der Waals surface area contributed by atoms with Crippen molar-refractivity contribution in [2.75, 3.05) is 6.54 Å². The van der Waals surface area contributed by atoms with Crippen LogP contribution in [0.5, 0.6) is 5.75 Å². The molecule has 0 saturated carbocycles. The molecule has 1 fully saturated rings. The first kappa shape index (κ1) is 19.8. The van der Waals surface area contributed by atoms with Crippen molar-refractivity contribution in [3.05, 3.63) is 53.1 Å². The third-order valence-electron chi connectivity index (χ3n) is 3.98. The molecule has 3 rings (SSSR count). The van der Waals surface area contributed by atoms with Crippen LogP contribution in [0.15, 0.2) is 46.3 Å². The van der Waals surface area contributed by atoms with Crippen LogP contribution in [0.3, 0.4) is 0 Å². The van der Waals surface area contributed by atoms with Gasteiger partial charge in [0.1, 0.15) is 16.9 Å². The van der Waals surface area contributed by atoms with Gasteiger partial charge >= 0.3 is 11.6 Å². The zero-order valence-corrected chi connectivity index (χ0v) is 15.1. The predicted molar refractivity (Wildman–Crippen MR) is 97.4 cm³/mol. The van der Waals surface area contributed by atoms with Gasteiger partial charge < -0.3 is 19.3 Å². The van der Waals surface area contributed by atoms with Crippen LogP contribution in [-0.4, -0.2) is 35.3 Å². The van der Waals surface area contributed by atoms with E-state index in [0.717, 1.165) is 0 Å². The van der Waals surface area contributed by atoms with Gasteiger partial charge in [0.15, 0.2) is 0 Å². The zero-order chi connectivity index (χ0) is 21.0. The van der Waals surface area contributed by atoms with Gasteiger partial charge in [0.2, 0.25) is 0 Å². The molecule has 3 amide bonds. The van der Waals surface area contributed by atoms with E-state index in [4.69, 9.17) is 9.15 Å². The first-order chi connectivity index (χ1) is 13.9. The molecular formula is C19H16N2O8. The van der Waals surface area contributed by atoms with Crippen molar-refractivity contribution in [2.24, 2.45) is 0 Å². The Morgan fingerprint density at radius 3 is 2.59 bits per heavy atom. The van der Waals surface area contributed by atoms with E-state index in [0.29, 0.717) is 16.2 Å². The lowest BCUT2D eigenvalue weighted by Gasteiger charge is -2.12. The summed E-state index contributed by atoms with van der Waals surface area (Å²) in [4.78, 5) is 63.5. The highest BCUT2D eigenvalue weighted by atomic mass is 16.7. The second-order valence-electron chi connectivity index (χ2n) is 5.98. The van der Waals surface area contributed by atoms with Crippen molar-refractivity contribution in [3.63, 3.8) is 0 Å². The van der Waals surface area contributed by atoms with Crippen LogP contribution < -0.4 is 15.7 Å². The third kappa shape index (κ3) is 4.49. The molecule has 1 aliphatic rings. The molecule has 1 aromatic heterocycles. The van der Waals surface area contributed by atoms with E-state index >= 15 is 0 Å². The molecule has 150 valence electrons. The second-order valence-corrected chi connectivity index (χ2v) is 5.98. The number of amides is 3. The van der Waals surface area contributed by atoms with Gasteiger partial charge in [-0.25, -0.2) is 9.59 Å². The lowest BCUT2D eigenvalue weighted by Crippen LogP contribution is -2.34. The number of fused-ring (bicyclic) bond motifs is 1. The van der Waals surface area contributed by atoms with Crippen molar-refractivity contribution >= 4 is 34.7 Å². The summed E-state index contributed by atoms with van der Waals surface area (Å²) in [5.74, 6) is -2.37. The van der Waals surface area contributed by atoms with Crippen LogP contribution in [0.1, 0.15) is 29.6 Å². The fourth-order valence-corrected chi connectivity index (χ4v) is 2.61. The number of hydrogen-bond acceptors (Lipinski definition) is 8. The summed E-state index contributed by atoms with van der Waals surface area (Å²) in [7, 11) is 0. The van der Waals surface area contributed by atoms with Crippen LogP contribution in [0.2, 0.25) is 0 Å². The van der Waals surface area contributed by atoms with Gasteiger partial charge in [-0.3, -0.25) is 14.4 Å². The predicted octanol–water partition coefficient (Wildman–Crippen LogP) is 1.04. The highest BCUT2D eigenvalue weighted by Gasteiger charge is 2.32. The number of carbonyl (C=O) groups excluding carboxylic acids is 4. The maximum Gasteiger partial charge on any atom is 0.349 e.